The quantitative estimate of drug-likeness (QED) is 0.851. The highest BCUT2D eigenvalue weighted by Crippen LogP contribution is 2.18. The largest absolute Gasteiger partial charge is 0.330 e. The zero-order chi connectivity index (χ0) is 11.5. The number of aryl methyl sites for hydroxylation is 2. The van der Waals surface area contributed by atoms with Gasteiger partial charge in [0.25, 0.3) is 0 Å². The fourth-order valence-corrected chi connectivity index (χ4v) is 1.94. The summed E-state index contributed by atoms with van der Waals surface area (Å²) >= 11 is 0. The second-order valence-corrected chi connectivity index (χ2v) is 4.02. The molecule has 0 saturated carbocycles. The second-order valence-electron chi connectivity index (χ2n) is 4.02. The molecular weight excluding hydrogens is 198 g/mol. The summed E-state index contributed by atoms with van der Waals surface area (Å²) in [5, 5.41) is 0. The third-order valence-corrected chi connectivity index (χ3v) is 2.73. The van der Waals surface area contributed by atoms with Crippen molar-refractivity contribution in [2.24, 2.45) is 5.73 Å². The molecule has 2 N–H and O–H groups in total. The van der Waals surface area contributed by atoms with Crippen LogP contribution in [0.2, 0.25) is 0 Å². The Morgan fingerprint density at radius 1 is 1.31 bits per heavy atom. The van der Waals surface area contributed by atoms with Gasteiger partial charge in [-0.05, 0) is 38.4 Å². The van der Waals surface area contributed by atoms with E-state index in [0.29, 0.717) is 6.54 Å². The molecule has 2 rings (SSSR count). The summed E-state index contributed by atoms with van der Waals surface area (Å²) in [7, 11) is 0. The van der Waals surface area contributed by atoms with Crippen molar-refractivity contribution in [3.05, 3.63) is 47.5 Å². The van der Waals surface area contributed by atoms with Gasteiger partial charge in [0.05, 0.1) is 0 Å². The molecule has 0 radical (unpaired) electrons. The Hall–Kier alpha value is -1.61. The highest BCUT2D eigenvalue weighted by Gasteiger charge is 2.06. The number of hydrogen-bond acceptors (Lipinski definition) is 2. The Balaban J connectivity index is 2.51. The standard InChI is InChI=1S/C13H17N3/c1-10-3-4-13(12(9-10)5-6-14)16-8-7-15-11(16)2/h3-4,7-9H,5-6,14H2,1-2H3. The number of imidazole rings is 1. The van der Waals surface area contributed by atoms with Gasteiger partial charge in [0, 0.05) is 18.1 Å². The van der Waals surface area contributed by atoms with Crippen LogP contribution in [0.3, 0.4) is 0 Å². The molecule has 0 fully saturated rings. The molecule has 1 heterocycles. The number of rotatable bonds is 3. The van der Waals surface area contributed by atoms with Crippen LogP contribution in [0.1, 0.15) is 17.0 Å². The molecule has 3 nitrogen and oxygen atoms in total. The predicted molar refractivity (Wildman–Crippen MR) is 65.8 cm³/mol. The lowest BCUT2D eigenvalue weighted by atomic mass is 10.1. The normalized spacial score (nSPS) is 10.7. The van der Waals surface area contributed by atoms with E-state index < -0.39 is 0 Å². The summed E-state index contributed by atoms with van der Waals surface area (Å²) in [5.41, 5.74) is 9.38. The van der Waals surface area contributed by atoms with Gasteiger partial charge in [-0.1, -0.05) is 17.7 Å². The number of hydrogen-bond donors (Lipinski definition) is 1. The van der Waals surface area contributed by atoms with Crippen molar-refractivity contribution >= 4 is 0 Å². The number of benzene rings is 1. The molecule has 0 amide bonds. The van der Waals surface area contributed by atoms with Crippen molar-refractivity contribution in [1.29, 1.82) is 0 Å². The van der Waals surface area contributed by atoms with E-state index in [1.165, 1.54) is 16.8 Å². The average molecular weight is 215 g/mol. The van der Waals surface area contributed by atoms with Crippen molar-refractivity contribution in [3.63, 3.8) is 0 Å². The van der Waals surface area contributed by atoms with Gasteiger partial charge in [0.15, 0.2) is 0 Å². The molecule has 0 atom stereocenters. The van der Waals surface area contributed by atoms with Gasteiger partial charge >= 0.3 is 0 Å². The lowest BCUT2D eigenvalue weighted by Gasteiger charge is -2.12. The van der Waals surface area contributed by atoms with Gasteiger partial charge in [-0.2, -0.15) is 0 Å². The molecule has 0 aliphatic carbocycles. The van der Waals surface area contributed by atoms with Crippen LogP contribution in [0.15, 0.2) is 30.6 Å². The van der Waals surface area contributed by atoms with Crippen LogP contribution in [0, 0.1) is 13.8 Å². The van der Waals surface area contributed by atoms with Crippen LogP contribution >= 0.6 is 0 Å². The molecule has 3 heteroatoms. The van der Waals surface area contributed by atoms with Crippen LogP contribution in [0.5, 0.6) is 0 Å². The van der Waals surface area contributed by atoms with E-state index in [1.54, 1.807) is 0 Å². The Labute approximate surface area is 95.9 Å². The van der Waals surface area contributed by atoms with E-state index in [0.717, 1.165) is 12.2 Å². The third kappa shape index (κ3) is 1.99. The van der Waals surface area contributed by atoms with Crippen LogP contribution < -0.4 is 5.73 Å². The lowest BCUT2D eigenvalue weighted by molar-refractivity contribution is 0.910. The molecule has 0 aliphatic heterocycles. The number of nitrogens with zero attached hydrogens (tertiary/aromatic N) is 2. The van der Waals surface area contributed by atoms with E-state index in [2.05, 4.69) is 34.7 Å². The molecule has 16 heavy (non-hydrogen) atoms. The Bertz CT molecular complexity index is 486. The summed E-state index contributed by atoms with van der Waals surface area (Å²) in [5.74, 6) is 1.00. The maximum atomic E-state index is 5.65. The van der Waals surface area contributed by atoms with Gasteiger partial charge in [0.2, 0.25) is 0 Å². The average Bonchev–Trinajstić information content (AvgIpc) is 2.65. The summed E-state index contributed by atoms with van der Waals surface area (Å²) in [6, 6.07) is 6.45. The molecule has 0 bridgehead atoms. The topological polar surface area (TPSA) is 43.8 Å². The van der Waals surface area contributed by atoms with E-state index in [1.807, 2.05) is 19.3 Å². The van der Waals surface area contributed by atoms with Crippen molar-refractivity contribution in [2.75, 3.05) is 6.54 Å². The van der Waals surface area contributed by atoms with Crippen LogP contribution in [0.25, 0.3) is 5.69 Å². The molecule has 0 aliphatic rings. The monoisotopic (exact) mass is 215 g/mol. The van der Waals surface area contributed by atoms with Crippen molar-refractivity contribution in [3.8, 4) is 5.69 Å². The van der Waals surface area contributed by atoms with E-state index >= 15 is 0 Å². The van der Waals surface area contributed by atoms with Gasteiger partial charge in [-0.15, -0.1) is 0 Å². The first-order valence-corrected chi connectivity index (χ1v) is 5.52. The highest BCUT2D eigenvalue weighted by molar-refractivity contribution is 5.44. The Morgan fingerprint density at radius 3 is 2.75 bits per heavy atom. The molecule has 1 aromatic heterocycles. The van der Waals surface area contributed by atoms with E-state index in [9.17, 15) is 0 Å². The van der Waals surface area contributed by atoms with E-state index in [-0.39, 0.29) is 0 Å². The van der Waals surface area contributed by atoms with Crippen LogP contribution in [-0.4, -0.2) is 16.1 Å². The van der Waals surface area contributed by atoms with Crippen molar-refractivity contribution < 1.29 is 0 Å². The number of aromatic nitrogens is 2. The maximum Gasteiger partial charge on any atom is 0.110 e. The zero-order valence-corrected chi connectivity index (χ0v) is 9.77. The minimum atomic E-state index is 0.671. The van der Waals surface area contributed by atoms with Gasteiger partial charge < -0.3 is 10.3 Å². The van der Waals surface area contributed by atoms with Gasteiger partial charge in [-0.25, -0.2) is 4.98 Å². The highest BCUT2D eigenvalue weighted by atomic mass is 15.1. The SMILES string of the molecule is Cc1ccc(-n2ccnc2C)c(CCN)c1. The fourth-order valence-electron chi connectivity index (χ4n) is 1.94. The first-order valence-electron chi connectivity index (χ1n) is 5.52. The van der Waals surface area contributed by atoms with Crippen molar-refractivity contribution in [2.45, 2.75) is 20.3 Å². The second kappa shape index (κ2) is 4.49. The number of nitrogens with two attached hydrogens (primary N) is 1. The smallest absolute Gasteiger partial charge is 0.110 e. The molecule has 0 unspecified atom stereocenters. The van der Waals surface area contributed by atoms with Crippen LogP contribution in [0.4, 0.5) is 0 Å². The Kier molecular flexibility index (Phi) is 3.06. The molecule has 0 spiro atoms. The molecule has 84 valence electrons. The molecular formula is C13H17N3. The van der Waals surface area contributed by atoms with Crippen LogP contribution in [-0.2, 0) is 6.42 Å². The fraction of sp³-hybridized carbons (Fsp3) is 0.308. The summed E-state index contributed by atoms with van der Waals surface area (Å²) in [4.78, 5) is 4.25. The zero-order valence-electron chi connectivity index (χ0n) is 9.77. The lowest BCUT2D eigenvalue weighted by Crippen LogP contribution is -2.07. The summed E-state index contributed by atoms with van der Waals surface area (Å²) < 4.78 is 2.10. The minimum absolute atomic E-state index is 0.671. The molecule has 1 aromatic carbocycles. The first-order chi connectivity index (χ1) is 7.72. The third-order valence-electron chi connectivity index (χ3n) is 2.73. The van der Waals surface area contributed by atoms with E-state index in [4.69, 9.17) is 5.73 Å². The molecule has 2 aromatic rings. The first kappa shape index (κ1) is 10.9. The minimum Gasteiger partial charge on any atom is -0.330 e. The Morgan fingerprint density at radius 2 is 2.12 bits per heavy atom. The summed E-state index contributed by atoms with van der Waals surface area (Å²) in [6.45, 7) is 4.78. The molecule has 0 saturated heterocycles. The maximum absolute atomic E-state index is 5.65. The van der Waals surface area contributed by atoms with Gasteiger partial charge in [-0.3, -0.25) is 0 Å². The summed E-state index contributed by atoms with van der Waals surface area (Å²) in [6.07, 6.45) is 4.70. The van der Waals surface area contributed by atoms with Gasteiger partial charge in [0.1, 0.15) is 5.82 Å². The van der Waals surface area contributed by atoms with Crippen molar-refractivity contribution in [1.82, 2.24) is 9.55 Å². The predicted octanol–water partition coefficient (Wildman–Crippen LogP) is 1.99.